The van der Waals surface area contributed by atoms with Crippen molar-refractivity contribution < 1.29 is 45.8 Å². The molecule has 0 spiro atoms. The van der Waals surface area contributed by atoms with E-state index in [0.717, 1.165) is 74.9 Å². The topological polar surface area (TPSA) is 184 Å². The van der Waals surface area contributed by atoms with Crippen molar-refractivity contribution in [2.45, 2.75) is 44.6 Å². The Morgan fingerprint density at radius 3 is 2.16 bits per heavy atom. The van der Waals surface area contributed by atoms with E-state index in [1.807, 2.05) is 36.4 Å². The molecule has 1 aliphatic rings. The second-order valence-electron chi connectivity index (χ2n) is 12.6. The van der Waals surface area contributed by atoms with Gasteiger partial charge in [-0.2, -0.15) is 0 Å². The van der Waals surface area contributed by atoms with E-state index >= 15 is 0 Å². The Morgan fingerprint density at radius 1 is 0.902 bits per heavy atom. The molecule has 2 amide bonds. The Labute approximate surface area is 311 Å². The highest BCUT2D eigenvalue weighted by Crippen LogP contribution is 2.24. The number of ether oxygens (including phenoxy) is 3. The predicted molar refractivity (Wildman–Crippen MR) is 193 cm³/mol. The minimum absolute atomic E-state index is 0. The number of nitrogens with two attached hydrogens (primary N) is 2. The maximum Gasteiger partial charge on any atom is 0.274 e. The number of quaternary nitrogens is 1. The van der Waals surface area contributed by atoms with Crippen molar-refractivity contribution >= 4 is 35.1 Å². The highest BCUT2D eigenvalue weighted by atomic mass is 35.5. The van der Waals surface area contributed by atoms with E-state index in [1.54, 1.807) is 7.11 Å². The van der Waals surface area contributed by atoms with Crippen LogP contribution in [0.4, 0.5) is 11.6 Å². The van der Waals surface area contributed by atoms with Crippen molar-refractivity contribution in [2.24, 2.45) is 0 Å². The number of amides is 2. The van der Waals surface area contributed by atoms with Crippen LogP contribution in [0.15, 0.2) is 48.5 Å². The van der Waals surface area contributed by atoms with Crippen molar-refractivity contribution in [1.82, 2.24) is 20.6 Å². The Morgan fingerprint density at radius 2 is 1.53 bits per heavy atom. The van der Waals surface area contributed by atoms with Crippen molar-refractivity contribution in [3.05, 3.63) is 76.1 Å². The van der Waals surface area contributed by atoms with E-state index in [1.165, 1.54) is 11.1 Å². The van der Waals surface area contributed by atoms with Crippen LogP contribution in [0.25, 0.3) is 0 Å². The number of hydrogen-bond donors (Lipinski definition) is 5. The largest absolute Gasteiger partial charge is 1.00 e. The molecule has 2 heterocycles. The van der Waals surface area contributed by atoms with Crippen molar-refractivity contribution in [3.63, 3.8) is 0 Å². The maximum atomic E-state index is 13.2. The Balaban J connectivity index is 0.00000702. The number of likely N-dealkylation sites (tertiary alicyclic amines) is 1. The number of aromatic nitrogens is 2. The molecule has 3 aromatic rings. The van der Waals surface area contributed by atoms with Gasteiger partial charge in [0.25, 0.3) is 11.8 Å². The first kappa shape index (κ1) is 41.7. The fraction of sp³-hybridized carbons (Fsp3) is 0.500. The SMILES string of the molecule is COc1ccc(CCC[N+]2(CCCc3ccc(C(=O)NCCOCCOCCO)cc3)CCCC(NC(=O)c3nc(Cl)c(N)nc3N)C2)cc1.[Cl-]. The molecule has 0 bridgehead atoms. The van der Waals surface area contributed by atoms with Crippen LogP contribution in [0.3, 0.4) is 0 Å². The van der Waals surface area contributed by atoms with E-state index < -0.39 is 5.91 Å². The zero-order valence-electron chi connectivity index (χ0n) is 29.3. The standard InChI is InChI=1S/C36H50ClN7O6.ClH/c1-48-30-14-10-27(11-15-30)6-3-18-44(19-4-7-29(25-44)41-36(47)31-33(38)43-34(39)32(37)42-31)17-2-5-26-8-12-28(13-9-26)35(46)40-16-21-49-23-24-50-22-20-45;/h8-15,29,45H,2-7,16-25H2,1H3,(H5-,38,39,40,41,43,46,47);1H. The quantitative estimate of drug-likeness (QED) is 0.0782. The second kappa shape index (κ2) is 21.6. The van der Waals surface area contributed by atoms with Gasteiger partial charge in [-0.15, -0.1) is 0 Å². The van der Waals surface area contributed by atoms with Crippen LogP contribution in [0.5, 0.6) is 5.75 Å². The summed E-state index contributed by atoms with van der Waals surface area (Å²) in [6.45, 7) is 5.63. The number of hydrogen-bond acceptors (Lipinski definition) is 10. The lowest BCUT2D eigenvalue weighted by molar-refractivity contribution is -0.933. The van der Waals surface area contributed by atoms with Crippen molar-refractivity contribution in [3.8, 4) is 5.75 Å². The molecule has 15 heteroatoms. The molecule has 7 N–H and O–H groups in total. The maximum absolute atomic E-state index is 13.2. The van der Waals surface area contributed by atoms with Crippen LogP contribution in [-0.4, -0.2) is 110 Å². The van der Waals surface area contributed by atoms with Gasteiger partial charge in [0.05, 0.1) is 72.4 Å². The van der Waals surface area contributed by atoms with Gasteiger partial charge >= 0.3 is 0 Å². The van der Waals surface area contributed by atoms with Crippen molar-refractivity contribution in [1.29, 1.82) is 0 Å². The third kappa shape index (κ3) is 13.4. The molecule has 1 aliphatic heterocycles. The molecular weight excluding hydrogens is 697 g/mol. The zero-order chi connectivity index (χ0) is 35.8. The first-order valence-corrected chi connectivity index (χ1v) is 17.6. The number of aliphatic hydroxyl groups is 1. The molecule has 280 valence electrons. The summed E-state index contributed by atoms with van der Waals surface area (Å²) in [5, 5.41) is 14.7. The summed E-state index contributed by atoms with van der Waals surface area (Å²) in [5.41, 5.74) is 14.7. The lowest BCUT2D eigenvalue weighted by Gasteiger charge is -2.45. The molecule has 2 aromatic carbocycles. The van der Waals surface area contributed by atoms with Gasteiger partial charge in [-0.3, -0.25) is 9.59 Å². The summed E-state index contributed by atoms with van der Waals surface area (Å²) in [6, 6.07) is 15.9. The fourth-order valence-corrected chi connectivity index (χ4v) is 6.53. The molecule has 1 aromatic heterocycles. The summed E-state index contributed by atoms with van der Waals surface area (Å²) in [7, 11) is 1.67. The number of halogens is 2. The Kier molecular flexibility index (Phi) is 17.7. The normalized spacial score (nSPS) is 17.0. The van der Waals surface area contributed by atoms with Gasteiger partial charge in [0.2, 0.25) is 0 Å². The van der Waals surface area contributed by atoms with Gasteiger partial charge in [-0.1, -0.05) is 35.9 Å². The molecule has 0 radical (unpaired) electrons. The molecule has 13 nitrogen and oxygen atoms in total. The number of nitrogen functional groups attached to an aromatic ring is 2. The zero-order valence-corrected chi connectivity index (χ0v) is 30.8. The number of aliphatic hydroxyl groups excluding tert-OH is 1. The number of anilines is 2. The molecule has 2 atom stereocenters. The first-order valence-electron chi connectivity index (χ1n) is 17.2. The van der Waals surface area contributed by atoms with Gasteiger partial charge in [0.1, 0.15) is 5.75 Å². The highest BCUT2D eigenvalue weighted by Gasteiger charge is 2.35. The van der Waals surface area contributed by atoms with Crippen molar-refractivity contribution in [2.75, 3.05) is 84.3 Å². The van der Waals surface area contributed by atoms with E-state index in [-0.39, 0.29) is 60.1 Å². The summed E-state index contributed by atoms with van der Waals surface area (Å²) < 4.78 is 16.8. The number of nitrogens with zero attached hydrogens (tertiary/aromatic N) is 3. The number of rotatable bonds is 20. The number of carbonyl (C=O) groups is 2. The Bertz CT molecular complexity index is 1520. The molecule has 1 fully saturated rings. The second-order valence-corrected chi connectivity index (χ2v) is 13.0. The smallest absolute Gasteiger partial charge is 0.274 e. The monoisotopic (exact) mass is 747 g/mol. The van der Waals surface area contributed by atoms with E-state index in [0.29, 0.717) is 31.9 Å². The van der Waals surface area contributed by atoms with E-state index in [2.05, 4.69) is 32.7 Å². The number of carbonyl (C=O) groups excluding carboxylic acids is 2. The van der Waals surface area contributed by atoms with Gasteiger partial charge in [-0.25, -0.2) is 9.97 Å². The lowest BCUT2D eigenvalue weighted by atomic mass is 9.99. The lowest BCUT2D eigenvalue weighted by Crippen LogP contribution is -3.00. The minimum Gasteiger partial charge on any atom is -1.00 e. The Hall–Kier alpha value is -3.72. The van der Waals surface area contributed by atoms with E-state index in [9.17, 15) is 9.59 Å². The molecule has 0 saturated carbocycles. The van der Waals surface area contributed by atoms with Crippen LogP contribution in [0, 0.1) is 0 Å². The molecule has 2 unspecified atom stereocenters. The van der Waals surface area contributed by atoms with Crippen LogP contribution in [0.1, 0.15) is 57.7 Å². The number of aryl methyl sites for hydroxylation is 2. The van der Waals surface area contributed by atoms with Crippen LogP contribution in [0.2, 0.25) is 5.15 Å². The predicted octanol–water partition coefficient (Wildman–Crippen LogP) is 0.0369. The molecule has 0 aliphatic carbocycles. The van der Waals surface area contributed by atoms with Crippen LogP contribution >= 0.6 is 11.6 Å². The highest BCUT2D eigenvalue weighted by molar-refractivity contribution is 6.31. The van der Waals surface area contributed by atoms with Gasteiger partial charge < -0.3 is 58.3 Å². The molecular formula is C36H51Cl2N7O6. The summed E-state index contributed by atoms with van der Waals surface area (Å²) in [6.07, 6.45) is 5.62. The van der Waals surface area contributed by atoms with Gasteiger partial charge in [-0.05, 0) is 61.1 Å². The first-order chi connectivity index (χ1) is 24.2. The number of nitrogens with one attached hydrogen (secondary N) is 2. The van der Waals surface area contributed by atoms with Gasteiger partial charge in [0, 0.05) is 24.9 Å². The fourth-order valence-electron chi connectivity index (χ4n) is 6.40. The number of benzene rings is 2. The summed E-state index contributed by atoms with van der Waals surface area (Å²) >= 11 is 6.04. The average molecular weight is 749 g/mol. The van der Waals surface area contributed by atoms with E-state index in [4.69, 9.17) is 42.4 Å². The van der Waals surface area contributed by atoms with Crippen LogP contribution in [-0.2, 0) is 22.3 Å². The number of methoxy groups -OCH3 is 1. The third-order valence-corrected chi connectivity index (χ3v) is 9.24. The molecule has 51 heavy (non-hydrogen) atoms. The van der Waals surface area contributed by atoms with Gasteiger partial charge in [0.15, 0.2) is 22.5 Å². The third-order valence-electron chi connectivity index (χ3n) is 8.96. The summed E-state index contributed by atoms with van der Waals surface area (Å²) in [5.74, 6) is 0.239. The summed E-state index contributed by atoms with van der Waals surface area (Å²) in [4.78, 5) is 33.9. The molecule has 1 saturated heterocycles. The molecule has 4 rings (SSSR count). The average Bonchev–Trinajstić information content (AvgIpc) is 3.11. The van der Waals surface area contributed by atoms with Crippen LogP contribution < -0.4 is 39.2 Å². The minimum atomic E-state index is -0.402. The number of piperidine rings is 1.